The molecule has 3 rings (SSSR count). The first-order chi connectivity index (χ1) is 16.6. The number of urea groups is 1. The van der Waals surface area contributed by atoms with E-state index in [9.17, 15) is 22.8 Å². The molecule has 1 heterocycles. The Labute approximate surface area is 207 Å². The predicted octanol–water partition coefficient (Wildman–Crippen LogP) is 6.49. The van der Waals surface area contributed by atoms with Crippen molar-refractivity contribution in [2.75, 3.05) is 18.4 Å². The number of hydrogen-bond donors (Lipinski definition) is 1. The molecule has 2 aromatic carbocycles. The highest BCUT2D eigenvalue weighted by atomic mass is 32.1. The van der Waals surface area contributed by atoms with Crippen molar-refractivity contribution in [3.05, 3.63) is 88.1 Å². The van der Waals surface area contributed by atoms with Gasteiger partial charge >= 0.3 is 12.2 Å². The highest BCUT2D eigenvalue weighted by Gasteiger charge is 2.34. The zero-order valence-corrected chi connectivity index (χ0v) is 20.4. The number of benzene rings is 2. The van der Waals surface area contributed by atoms with E-state index in [-0.39, 0.29) is 30.6 Å². The molecular formula is C26H28F3N3O2S. The van der Waals surface area contributed by atoms with Crippen LogP contribution in [-0.2, 0) is 24.1 Å². The van der Waals surface area contributed by atoms with Crippen molar-refractivity contribution in [1.29, 1.82) is 0 Å². The van der Waals surface area contributed by atoms with Gasteiger partial charge < -0.3 is 15.1 Å². The van der Waals surface area contributed by atoms with Crippen LogP contribution in [0.1, 0.15) is 29.9 Å². The molecule has 1 N–H and O–H groups in total. The quantitative estimate of drug-likeness (QED) is 0.363. The summed E-state index contributed by atoms with van der Waals surface area (Å²) in [4.78, 5) is 30.3. The Morgan fingerprint density at radius 3 is 2.23 bits per heavy atom. The number of rotatable bonds is 9. The fraction of sp³-hybridized carbons (Fsp3) is 0.308. The molecular weight excluding hydrogens is 475 g/mol. The summed E-state index contributed by atoms with van der Waals surface area (Å²) in [7, 11) is 0. The fourth-order valence-corrected chi connectivity index (χ4v) is 4.30. The summed E-state index contributed by atoms with van der Waals surface area (Å²) in [6.45, 7) is 4.44. The molecule has 9 heteroatoms. The van der Waals surface area contributed by atoms with Gasteiger partial charge in [0, 0.05) is 18.0 Å². The number of alkyl halides is 3. The maximum atomic E-state index is 13.4. The molecule has 0 saturated carbocycles. The van der Waals surface area contributed by atoms with Crippen molar-refractivity contribution < 1.29 is 22.8 Å². The number of carbonyl (C=O) groups is 2. The maximum Gasteiger partial charge on any atom is 0.418 e. The van der Waals surface area contributed by atoms with Gasteiger partial charge in [0.05, 0.1) is 17.8 Å². The van der Waals surface area contributed by atoms with Crippen LogP contribution in [0.25, 0.3) is 0 Å². The van der Waals surface area contributed by atoms with Crippen molar-refractivity contribution in [2.45, 2.75) is 33.1 Å². The second-order valence-corrected chi connectivity index (χ2v) is 9.59. The van der Waals surface area contributed by atoms with Gasteiger partial charge in [0.15, 0.2) is 0 Å². The number of nitrogens with zero attached hydrogens (tertiary/aromatic N) is 2. The van der Waals surface area contributed by atoms with Crippen molar-refractivity contribution >= 4 is 29.0 Å². The lowest BCUT2D eigenvalue weighted by molar-refractivity contribution is -0.137. The number of halogens is 3. The monoisotopic (exact) mass is 503 g/mol. The van der Waals surface area contributed by atoms with Gasteiger partial charge in [-0.15, -0.1) is 11.3 Å². The van der Waals surface area contributed by atoms with Crippen LogP contribution in [0.5, 0.6) is 0 Å². The van der Waals surface area contributed by atoms with E-state index in [1.54, 1.807) is 4.90 Å². The molecule has 0 saturated heterocycles. The third-order valence-electron chi connectivity index (χ3n) is 5.17. The molecule has 3 aromatic rings. The lowest BCUT2D eigenvalue weighted by atomic mass is 10.1. The molecule has 0 fully saturated rings. The Hall–Kier alpha value is -3.33. The van der Waals surface area contributed by atoms with Crippen molar-refractivity contribution in [3.8, 4) is 0 Å². The minimum absolute atomic E-state index is 0.00581. The van der Waals surface area contributed by atoms with Crippen molar-refractivity contribution in [1.82, 2.24) is 9.80 Å². The Morgan fingerprint density at radius 2 is 1.60 bits per heavy atom. The molecule has 0 aliphatic heterocycles. The van der Waals surface area contributed by atoms with Crippen LogP contribution < -0.4 is 5.32 Å². The molecule has 3 amide bonds. The highest BCUT2D eigenvalue weighted by molar-refractivity contribution is 7.09. The second-order valence-electron chi connectivity index (χ2n) is 8.56. The molecule has 5 nitrogen and oxygen atoms in total. The Morgan fingerprint density at radius 1 is 0.914 bits per heavy atom. The van der Waals surface area contributed by atoms with Crippen LogP contribution >= 0.6 is 11.3 Å². The third-order valence-corrected chi connectivity index (χ3v) is 6.03. The van der Waals surface area contributed by atoms with Crippen molar-refractivity contribution in [3.63, 3.8) is 0 Å². The van der Waals surface area contributed by atoms with Crippen LogP contribution in [0.15, 0.2) is 72.1 Å². The number of carbonyl (C=O) groups excluding carboxylic acids is 2. The van der Waals surface area contributed by atoms with E-state index in [0.29, 0.717) is 13.1 Å². The van der Waals surface area contributed by atoms with E-state index in [0.717, 1.165) is 16.5 Å². The molecule has 0 bridgehead atoms. The van der Waals surface area contributed by atoms with Crippen molar-refractivity contribution in [2.24, 2.45) is 5.92 Å². The Balaban J connectivity index is 1.79. The van der Waals surface area contributed by atoms with Gasteiger partial charge in [-0.1, -0.05) is 62.4 Å². The smallest absolute Gasteiger partial charge is 0.332 e. The van der Waals surface area contributed by atoms with Crippen LogP contribution in [0.4, 0.5) is 23.7 Å². The molecule has 186 valence electrons. The molecule has 1 aromatic heterocycles. The Bertz CT molecular complexity index is 1100. The van der Waals surface area contributed by atoms with E-state index in [1.165, 1.54) is 34.4 Å². The standard InChI is InChI=1S/C26H28F3N3O2S/c1-19(2)15-32(25(34)30-23-13-7-6-12-22(23)26(27,28)29)18-24(33)31(17-21-11-8-14-35-21)16-20-9-4-3-5-10-20/h3-14,19H,15-18H2,1-2H3,(H,30,34). The molecule has 0 aliphatic carbocycles. The number of anilines is 1. The van der Waals surface area contributed by atoms with Gasteiger partial charge in [0.2, 0.25) is 5.91 Å². The largest absolute Gasteiger partial charge is 0.418 e. The Kier molecular flexibility index (Phi) is 8.92. The average Bonchev–Trinajstić information content (AvgIpc) is 3.31. The van der Waals surface area contributed by atoms with Crippen LogP contribution in [0, 0.1) is 5.92 Å². The van der Waals surface area contributed by atoms with Gasteiger partial charge in [-0.2, -0.15) is 13.2 Å². The summed E-state index contributed by atoms with van der Waals surface area (Å²) in [5, 5.41) is 4.29. The number of amides is 3. The molecule has 0 atom stereocenters. The van der Waals surface area contributed by atoms with Gasteiger partial charge in [-0.25, -0.2) is 4.79 Å². The lowest BCUT2D eigenvalue weighted by Crippen LogP contribution is -2.45. The van der Waals surface area contributed by atoms with Gasteiger partial charge in [-0.3, -0.25) is 4.79 Å². The molecule has 0 radical (unpaired) electrons. The summed E-state index contributed by atoms with van der Waals surface area (Å²) in [5.41, 5.74) is -0.338. The molecule has 0 spiro atoms. The second kappa shape index (κ2) is 11.9. The zero-order valence-electron chi connectivity index (χ0n) is 19.6. The summed E-state index contributed by atoms with van der Waals surface area (Å²) >= 11 is 1.53. The van der Waals surface area contributed by atoms with Gasteiger partial charge in [0.25, 0.3) is 0 Å². The average molecular weight is 504 g/mol. The highest BCUT2D eigenvalue weighted by Crippen LogP contribution is 2.34. The normalized spacial score (nSPS) is 11.4. The fourth-order valence-electron chi connectivity index (χ4n) is 3.58. The summed E-state index contributed by atoms with van der Waals surface area (Å²) in [6.07, 6.45) is -4.62. The number of para-hydroxylation sites is 1. The minimum Gasteiger partial charge on any atom is -0.332 e. The van der Waals surface area contributed by atoms with E-state index in [1.807, 2.05) is 61.7 Å². The van der Waals surface area contributed by atoms with E-state index in [2.05, 4.69) is 5.32 Å². The molecule has 35 heavy (non-hydrogen) atoms. The maximum absolute atomic E-state index is 13.4. The zero-order chi connectivity index (χ0) is 25.4. The lowest BCUT2D eigenvalue weighted by Gasteiger charge is -2.29. The predicted molar refractivity (Wildman–Crippen MR) is 132 cm³/mol. The summed E-state index contributed by atoms with van der Waals surface area (Å²) < 4.78 is 40.2. The van der Waals surface area contributed by atoms with Crippen LogP contribution in [0.2, 0.25) is 0 Å². The number of hydrogen-bond acceptors (Lipinski definition) is 3. The number of nitrogens with one attached hydrogen (secondary N) is 1. The van der Waals surface area contributed by atoms with Gasteiger partial charge in [0.1, 0.15) is 6.54 Å². The minimum atomic E-state index is -4.62. The summed E-state index contributed by atoms with van der Waals surface area (Å²) in [6, 6.07) is 17.4. The first-order valence-electron chi connectivity index (χ1n) is 11.2. The molecule has 0 unspecified atom stereocenters. The van der Waals surface area contributed by atoms with E-state index < -0.39 is 17.8 Å². The molecule has 0 aliphatic rings. The van der Waals surface area contributed by atoms with Crippen LogP contribution in [0.3, 0.4) is 0 Å². The topological polar surface area (TPSA) is 52.7 Å². The number of thiophene rings is 1. The first-order valence-corrected chi connectivity index (χ1v) is 12.1. The van der Waals surface area contributed by atoms with Crippen LogP contribution in [-0.4, -0.2) is 34.8 Å². The van der Waals surface area contributed by atoms with E-state index >= 15 is 0 Å². The van der Waals surface area contributed by atoms with E-state index in [4.69, 9.17) is 0 Å². The SMILES string of the molecule is CC(C)CN(CC(=O)N(Cc1ccccc1)Cc1cccs1)C(=O)Nc1ccccc1C(F)(F)F. The van der Waals surface area contributed by atoms with Gasteiger partial charge in [-0.05, 0) is 35.1 Å². The third kappa shape index (κ3) is 7.85. The summed E-state index contributed by atoms with van der Waals surface area (Å²) in [5.74, 6) is -0.284. The first kappa shape index (κ1) is 26.3.